The molecule has 0 bridgehead atoms. The minimum absolute atomic E-state index is 0.431. The number of rotatable bonds is 9. The second-order valence-electron chi connectivity index (χ2n) is 8.05. The van der Waals surface area contributed by atoms with Crippen molar-refractivity contribution in [1.29, 1.82) is 0 Å². The highest BCUT2D eigenvalue weighted by atomic mass is 15.3. The van der Waals surface area contributed by atoms with Crippen molar-refractivity contribution in [3.63, 3.8) is 0 Å². The summed E-state index contributed by atoms with van der Waals surface area (Å²) in [5, 5.41) is 3.54. The molecule has 1 fully saturated rings. The van der Waals surface area contributed by atoms with Crippen molar-refractivity contribution in [1.82, 2.24) is 20.1 Å². The van der Waals surface area contributed by atoms with E-state index in [1.54, 1.807) is 0 Å². The molecule has 0 spiro atoms. The van der Waals surface area contributed by atoms with Crippen LogP contribution in [-0.2, 0) is 6.54 Å². The monoisotopic (exact) mass is 400 g/mol. The van der Waals surface area contributed by atoms with Gasteiger partial charge in [0, 0.05) is 70.7 Å². The number of piperazine rings is 1. The molecule has 3 aromatic rings. The zero-order valence-corrected chi connectivity index (χ0v) is 17.7. The highest BCUT2D eigenvalue weighted by molar-refractivity contribution is 5.32. The molecule has 4 nitrogen and oxygen atoms in total. The third kappa shape index (κ3) is 5.99. The van der Waals surface area contributed by atoms with Gasteiger partial charge >= 0.3 is 0 Å². The van der Waals surface area contributed by atoms with Crippen LogP contribution in [0, 0.1) is 0 Å². The number of nitrogens with zero attached hydrogens (tertiary/aromatic N) is 3. The van der Waals surface area contributed by atoms with Gasteiger partial charge in [0.05, 0.1) is 0 Å². The Kier molecular flexibility index (Phi) is 7.62. The van der Waals surface area contributed by atoms with Crippen molar-refractivity contribution in [3.05, 3.63) is 102 Å². The van der Waals surface area contributed by atoms with Crippen molar-refractivity contribution in [3.8, 4) is 0 Å². The lowest BCUT2D eigenvalue weighted by atomic mass is 9.90. The zero-order valence-electron chi connectivity index (χ0n) is 17.7. The molecule has 0 unspecified atom stereocenters. The highest BCUT2D eigenvalue weighted by Gasteiger charge is 2.22. The van der Waals surface area contributed by atoms with E-state index in [2.05, 4.69) is 86.8 Å². The molecule has 156 valence electrons. The quantitative estimate of drug-likeness (QED) is 0.556. The summed E-state index contributed by atoms with van der Waals surface area (Å²) in [5.41, 5.74) is 4.06. The Balaban J connectivity index is 1.25. The van der Waals surface area contributed by atoms with Gasteiger partial charge in [-0.25, -0.2) is 0 Å². The van der Waals surface area contributed by atoms with Gasteiger partial charge in [-0.3, -0.25) is 14.8 Å². The fourth-order valence-electron chi connectivity index (χ4n) is 4.20. The number of pyridine rings is 1. The summed E-state index contributed by atoms with van der Waals surface area (Å²) >= 11 is 0. The smallest absolute Gasteiger partial charge is 0.0312 e. The van der Waals surface area contributed by atoms with Gasteiger partial charge in [-0.2, -0.15) is 0 Å². The minimum Gasteiger partial charge on any atom is -0.311 e. The van der Waals surface area contributed by atoms with Crippen molar-refractivity contribution in [2.24, 2.45) is 0 Å². The third-order valence-electron chi connectivity index (χ3n) is 5.97. The van der Waals surface area contributed by atoms with Crippen molar-refractivity contribution in [2.45, 2.75) is 12.5 Å². The number of hydrogen-bond donors (Lipinski definition) is 1. The molecule has 30 heavy (non-hydrogen) atoms. The molecular formula is C26H32N4. The van der Waals surface area contributed by atoms with Gasteiger partial charge in [0.15, 0.2) is 0 Å². The van der Waals surface area contributed by atoms with Crippen LogP contribution in [0.5, 0.6) is 0 Å². The molecular weight excluding hydrogens is 368 g/mol. The predicted octanol–water partition coefficient (Wildman–Crippen LogP) is 3.62. The molecule has 4 heteroatoms. The SMILES string of the molecule is c1ccc(C(CN2CCN(CCNCc3cccnc3)CC2)c2ccccc2)cc1. The van der Waals surface area contributed by atoms with Gasteiger partial charge < -0.3 is 5.32 Å². The Morgan fingerprint density at radius 3 is 2.00 bits per heavy atom. The van der Waals surface area contributed by atoms with Crippen LogP contribution in [0.2, 0.25) is 0 Å². The third-order valence-corrected chi connectivity index (χ3v) is 5.97. The van der Waals surface area contributed by atoms with Crippen molar-refractivity contribution < 1.29 is 0 Å². The molecule has 1 aliphatic heterocycles. The summed E-state index contributed by atoms with van der Waals surface area (Å²) in [6, 6.07) is 26.0. The molecule has 0 atom stereocenters. The Morgan fingerprint density at radius 2 is 1.40 bits per heavy atom. The Labute approximate surface area is 180 Å². The largest absolute Gasteiger partial charge is 0.311 e. The van der Waals surface area contributed by atoms with Crippen LogP contribution in [0.4, 0.5) is 0 Å². The molecule has 1 saturated heterocycles. The van der Waals surface area contributed by atoms with Crippen LogP contribution in [0.3, 0.4) is 0 Å². The van der Waals surface area contributed by atoms with Gasteiger partial charge in [0.1, 0.15) is 0 Å². The Hall–Kier alpha value is -2.53. The van der Waals surface area contributed by atoms with E-state index in [4.69, 9.17) is 0 Å². The minimum atomic E-state index is 0.431. The normalized spacial score (nSPS) is 15.5. The molecule has 1 aromatic heterocycles. The van der Waals surface area contributed by atoms with Crippen LogP contribution in [0.15, 0.2) is 85.2 Å². The van der Waals surface area contributed by atoms with E-state index in [1.807, 2.05) is 18.5 Å². The summed E-state index contributed by atoms with van der Waals surface area (Å²) in [6.07, 6.45) is 3.75. The van der Waals surface area contributed by atoms with Crippen LogP contribution in [-0.4, -0.2) is 60.6 Å². The van der Waals surface area contributed by atoms with E-state index >= 15 is 0 Å². The molecule has 0 amide bonds. The van der Waals surface area contributed by atoms with Crippen LogP contribution >= 0.6 is 0 Å². The van der Waals surface area contributed by atoms with Crippen LogP contribution in [0.25, 0.3) is 0 Å². The molecule has 4 rings (SSSR count). The van der Waals surface area contributed by atoms with Gasteiger partial charge in [0.2, 0.25) is 0 Å². The highest BCUT2D eigenvalue weighted by Crippen LogP contribution is 2.26. The Morgan fingerprint density at radius 1 is 0.767 bits per heavy atom. The first kappa shape index (κ1) is 20.7. The fraction of sp³-hybridized carbons (Fsp3) is 0.346. The lowest BCUT2D eigenvalue weighted by Crippen LogP contribution is -2.49. The molecule has 0 saturated carbocycles. The lowest BCUT2D eigenvalue weighted by molar-refractivity contribution is 0.130. The maximum absolute atomic E-state index is 4.17. The van der Waals surface area contributed by atoms with Gasteiger partial charge in [-0.1, -0.05) is 66.7 Å². The summed E-state index contributed by atoms with van der Waals surface area (Å²) in [4.78, 5) is 9.38. The van der Waals surface area contributed by atoms with Crippen molar-refractivity contribution in [2.75, 3.05) is 45.8 Å². The van der Waals surface area contributed by atoms with Gasteiger partial charge in [-0.05, 0) is 22.8 Å². The van der Waals surface area contributed by atoms with Crippen LogP contribution in [0.1, 0.15) is 22.6 Å². The summed E-state index contributed by atoms with van der Waals surface area (Å²) in [7, 11) is 0. The van der Waals surface area contributed by atoms with Crippen LogP contribution < -0.4 is 5.32 Å². The maximum atomic E-state index is 4.17. The van der Waals surface area contributed by atoms with E-state index < -0.39 is 0 Å². The predicted molar refractivity (Wildman–Crippen MR) is 124 cm³/mol. The molecule has 0 aliphatic carbocycles. The fourth-order valence-corrected chi connectivity index (χ4v) is 4.20. The first-order valence-corrected chi connectivity index (χ1v) is 11.0. The first-order chi connectivity index (χ1) is 14.9. The number of benzene rings is 2. The average Bonchev–Trinajstić information content (AvgIpc) is 2.83. The maximum Gasteiger partial charge on any atom is 0.0312 e. The standard InChI is InChI=1S/C26H32N4/c1-3-9-24(10-4-1)26(25-11-5-2-6-12-25)22-30-18-16-29(17-19-30)15-14-28-21-23-8-7-13-27-20-23/h1-13,20,26,28H,14-19,21-22H2. The number of aromatic nitrogens is 1. The van der Waals surface area contributed by atoms with Crippen molar-refractivity contribution >= 4 is 0 Å². The second-order valence-corrected chi connectivity index (χ2v) is 8.05. The number of hydrogen-bond acceptors (Lipinski definition) is 4. The van der Waals surface area contributed by atoms with E-state index in [0.717, 1.165) is 52.4 Å². The lowest BCUT2D eigenvalue weighted by Gasteiger charge is -2.36. The Bertz CT molecular complexity index is 806. The van der Waals surface area contributed by atoms with E-state index in [1.165, 1.54) is 16.7 Å². The molecule has 1 aliphatic rings. The molecule has 2 aromatic carbocycles. The molecule has 0 radical (unpaired) electrons. The van der Waals surface area contributed by atoms with E-state index in [0.29, 0.717) is 5.92 Å². The van der Waals surface area contributed by atoms with E-state index in [-0.39, 0.29) is 0 Å². The average molecular weight is 401 g/mol. The molecule has 1 N–H and O–H groups in total. The summed E-state index contributed by atoms with van der Waals surface area (Å²) in [5.74, 6) is 0.431. The number of nitrogens with one attached hydrogen (secondary N) is 1. The van der Waals surface area contributed by atoms with E-state index in [9.17, 15) is 0 Å². The molecule has 2 heterocycles. The second kappa shape index (κ2) is 11.0. The van der Waals surface area contributed by atoms with Gasteiger partial charge in [0.25, 0.3) is 0 Å². The first-order valence-electron chi connectivity index (χ1n) is 11.0. The zero-order chi connectivity index (χ0) is 20.4. The van der Waals surface area contributed by atoms with Gasteiger partial charge in [-0.15, -0.1) is 0 Å². The summed E-state index contributed by atoms with van der Waals surface area (Å²) < 4.78 is 0. The topological polar surface area (TPSA) is 31.4 Å². The summed E-state index contributed by atoms with van der Waals surface area (Å²) in [6.45, 7) is 8.67.